The summed E-state index contributed by atoms with van der Waals surface area (Å²) >= 11 is 0. The summed E-state index contributed by atoms with van der Waals surface area (Å²) in [5, 5.41) is 30.4. The normalized spacial score (nSPS) is 39.5. The third-order valence-electron chi connectivity index (χ3n) is 8.68. The third kappa shape index (κ3) is 4.95. The van der Waals surface area contributed by atoms with Crippen molar-refractivity contribution in [1.29, 1.82) is 0 Å². The van der Waals surface area contributed by atoms with E-state index in [1.54, 1.807) is 5.57 Å². The molecule has 0 spiro atoms. The molecule has 0 saturated heterocycles. The summed E-state index contributed by atoms with van der Waals surface area (Å²) in [6, 6.07) is 0. The van der Waals surface area contributed by atoms with Gasteiger partial charge in [-0.05, 0) is 91.6 Å². The van der Waals surface area contributed by atoms with Gasteiger partial charge in [0.2, 0.25) is 0 Å². The van der Waals surface area contributed by atoms with Gasteiger partial charge in [0.1, 0.15) is 0 Å². The van der Waals surface area contributed by atoms with Crippen molar-refractivity contribution < 1.29 is 15.3 Å². The van der Waals surface area contributed by atoms with Crippen molar-refractivity contribution in [2.45, 2.75) is 104 Å². The minimum Gasteiger partial charge on any atom is -0.393 e. The monoisotopic (exact) mass is 416 g/mol. The van der Waals surface area contributed by atoms with Crippen LogP contribution in [0.25, 0.3) is 0 Å². The van der Waals surface area contributed by atoms with Crippen LogP contribution in [0.15, 0.2) is 35.5 Å². The Kier molecular flexibility index (Phi) is 7.69. The Morgan fingerprint density at radius 1 is 1.13 bits per heavy atom. The highest BCUT2D eigenvalue weighted by Gasteiger charge is 2.50. The first-order valence-electron chi connectivity index (χ1n) is 12.3. The van der Waals surface area contributed by atoms with Gasteiger partial charge < -0.3 is 15.3 Å². The number of fused-ring (bicyclic) bond motifs is 1. The summed E-state index contributed by atoms with van der Waals surface area (Å²) in [6.07, 6.45) is 12.4. The second kappa shape index (κ2) is 9.71. The van der Waals surface area contributed by atoms with Crippen LogP contribution >= 0.6 is 0 Å². The minimum atomic E-state index is -0.618. The molecule has 0 radical (unpaired) electrons. The van der Waals surface area contributed by atoms with Gasteiger partial charge in [0, 0.05) is 6.42 Å². The van der Waals surface area contributed by atoms with Gasteiger partial charge in [-0.3, -0.25) is 0 Å². The zero-order valence-electron chi connectivity index (χ0n) is 19.6. The summed E-state index contributed by atoms with van der Waals surface area (Å²) in [4.78, 5) is 0. The third-order valence-corrected chi connectivity index (χ3v) is 8.68. The molecule has 0 aliphatic heterocycles. The molecule has 3 aliphatic carbocycles. The Bertz CT molecular complexity index is 676. The molecule has 0 heterocycles. The zero-order chi connectivity index (χ0) is 22.1. The molecule has 170 valence electrons. The predicted octanol–water partition coefficient (Wildman–Crippen LogP) is 5.56. The Morgan fingerprint density at radius 3 is 2.57 bits per heavy atom. The first kappa shape index (κ1) is 23.8. The fourth-order valence-corrected chi connectivity index (χ4v) is 6.65. The Balaban J connectivity index is 1.72. The van der Waals surface area contributed by atoms with Crippen molar-refractivity contribution >= 4 is 0 Å². The molecule has 0 amide bonds. The fourth-order valence-electron chi connectivity index (χ4n) is 6.65. The zero-order valence-corrected chi connectivity index (χ0v) is 19.6. The summed E-state index contributed by atoms with van der Waals surface area (Å²) in [7, 11) is 0. The molecule has 3 rings (SSSR count). The van der Waals surface area contributed by atoms with Crippen LogP contribution in [-0.4, -0.2) is 33.6 Å². The first-order valence-corrected chi connectivity index (χ1v) is 12.3. The summed E-state index contributed by atoms with van der Waals surface area (Å²) in [6.45, 7) is 13.2. The maximum atomic E-state index is 10.3. The highest BCUT2D eigenvalue weighted by molar-refractivity contribution is 5.38. The van der Waals surface area contributed by atoms with Crippen molar-refractivity contribution in [1.82, 2.24) is 0 Å². The maximum absolute atomic E-state index is 10.3. The lowest BCUT2D eigenvalue weighted by Gasteiger charge is -2.44. The summed E-state index contributed by atoms with van der Waals surface area (Å²) in [5.41, 5.74) is 3.69. The van der Waals surface area contributed by atoms with E-state index < -0.39 is 12.2 Å². The van der Waals surface area contributed by atoms with Crippen LogP contribution in [0.4, 0.5) is 0 Å². The molecule has 0 aromatic carbocycles. The average Bonchev–Trinajstić information content (AvgIpc) is 3.04. The van der Waals surface area contributed by atoms with Gasteiger partial charge >= 0.3 is 0 Å². The van der Waals surface area contributed by atoms with Crippen LogP contribution in [0.1, 0.15) is 85.5 Å². The van der Waals surface area contributed by atoms with E-state index in [1.165, 1.54) is 25.7 Å². The van der Waals surface area contributed by atoms with Gasteiger partial charge in [0.05, 0.1) is 18.3 Å². The number of hydrogen-bond donors (Lipinski definition) is 3. The van der Waals surface area contributed by atoms with Crippen LogP contribution in [-0.2, 0) is 0 Å². The minimum absolute atomic E-state index is 0.180. The second-order valence-corrected chi connectivity index (χ2v) is 11.0. The molecular weight excluding hydrogens is 372 g/mol. The van der Waals surface area contributed by atoms with Gasteiger partial charge in [0.15, 0.2) is 0 Å². The number of allylic oxidation sites excluding steroid dienone is 3. The number of aliphatic hydroxyl groups excluding tert-OH is 3. The molecule has 3 saturated carbocycles. The van der Waals surface area contributed by atoms with E-state index in [4.69, 9.17) is 0 Å². The Hall–Kier alpha value is -0.900. The smallest absolute Gasteiger partial charge is 0.0811 e. The quantitative estimate of drug-likeness (QED) is 0.531. The van der Waals surface area contributed by atoms with Crippen molar-refractivity contribution in [3.8, 4) is 0 Å². The van der Waals surface area contributed by atoms with Crippen molar-refractivity contribution in [3.63, 3.8) is 0 Å². The van der Waals surface area contributed by atoms with E-state index in [1.807, 2.05) is 0 Å². The first-order chi connectivity index (χ1) is 14.1. The van der Waals surface area contributed by atoms with Crippen molar-refractivity contribution in [2.75, 3.05) is 0 Å². The average molecular weight is 417 g/mol. The Morgan fingerprint density at radius 2 is 1.87 bits per heavy atom. The molecular formula is C27H44O3. The lowest BCUT2D eigenvalue weighted by molar-refractivity contribution is 0.0717. The largest absolute Gasteiger partial charge is 0.393 e. The number of aliphatic hydroxyl groups is 3. The molecule has 0 bridgehead atoms. The van der Waals surface area contributed by atoms with Gasteiger partial charge in [0.25, 0.3) is 0 Å². The van der Waals surface area contributed by atoms with E-state index in [0.717, 1.165) is 36.3 Å². The molecule has 3 fully saturated rings. The van der Waals surface area contributed by atoms with Crippen LogP contribution in [0.5, 0.6) is 0 Å². The van der Waals surface area contributed by atoms with Crippen LogP contribution in [0.2, 0.25) is 0 Å². The van der Waals surface area contributed by atoms with Gasteiger partial charge in [-0.1, -0.05) is 52.0 Å². The SMILES string of the molecule is C=C1/C(=C\C=C2/CCC[C@]3(C)[C@@H]([C@H](C)CC[C@@H](O)C(C)C)CC[C@@H]23)C[C@H](O)C[C@@H]1O. The van der Waals surface area contributed by atoms with Gasteiger partial charge in [-0.2, -0.15) is 0 Å². The highest BCUT2D eigenvalue weighted by Crippen LogP contribution is 2.60. The topological polar surface area (TPSA) is 60.7 Å². The molecule has 3 nitrogen and oxygen atoms in total. The van der Waals surface area contributed by atoms with E-state index in [2.05, 4.69) is 46.4 Å². The Labute approximate surface area is 184 Å². The standard InChI is InChI=1S/C27H44O3/c1-17(2)25(29)13-8-18(3)23-11-12-24-20(7-6-14-27(23,24)5)9-10-21-15-22(28)16-26(30)19(21)4/h9-10,17-18,22-26,28-30H,4,6-8,11-16H2,1-3,5H3/b20-9+,21-10-/t18-,22+,23-,24+,25-,26+,27-/m1/s1. The fraction of sp³-hybridized carbons (Fsp3) is 0.778. The molecule has 0 unspecified atom stereocenters. The lowest BCUT2D eigenvalue weighted by Crippen LogP contribution is -2.36. The van der Waals surface area contributed by atoms with Crippen LogP contribution in [0.3, 0.4) is 0 Å². The molecule has 30 heavy (non-hydrogen) atoms. The number of rotatable bonds is 6. The van der Waals surface area contributed by atoms with Crippen molar-refractivity contribution in [3.05, 3.63) is 35.5 Å². The predicted molar refractivity (Wildman–Crippen MR) is 124 cm³/mol. The van der Waals surface area contributed by atoms with Gasteiger partial charge in [-0.15, -0.1) is 0 Å². The second-order valence-electron chi connectivity index (χ2n) is 11.0. The molecule has 3 heteroatoms. The van der Waals surface area contributed by atoms with Gasteiger partial charge in [-0.25, -0.2) is 0 Å². The molecule has 0 aromatic rings. The molecule has 0 aromatic heterocycles. The number of hydrogen-bond acceptors (Lipinski definition) is 3. The van der Waals surface area contributed by atoms with Crippen LogP contribution in [0, 0.1) is 29.1 Å². The summed E-state index contributed by atoms with van der Waals surface area (Å²) in [5.74, 6) is 2.35. The molecule has 3 N–H and O–H groups in total. The highest BCUT2D eigenvalue weighted by atomic mass is 16.3. The summed E-state index contributed by atoms with van der Waals surface area (Å²) < 4.78 is 0. The van der Waals surface area contributed by atoms with Crippen molar-refractivity contribution in [2.24, 2.45) is 29.1 Å². The maximum Gasteiger partial charge on any atom is 0.0811 e. The van der Waals surface area contributed by atoms with E-state index >= 15 is 0 Å². The van der Waals surface area contributed by atoms with E-state index in [9.17, 15) is 15.3 Å². The van der Waals surface area contributed by atoms with E-state index in [-0.39, 0.29) is 6.10 Å². The lowest BCUT2D eigenvalue weighted by atomic mass is 9.60. The molecule has 7 atom stereocenters. The molecule has 3 aliphatic rings. The van der Waals surface area contributed by atoms with E-state index in [0.29, 0.717) is 36.0 Å². The van der Waals surface area contributed by atoms with Crippen LogP contribution < -0.4 is 0 Å².